The lowest BCUT2D eigenvalue weighted by Gasteiger charge is -2.45. The molecule has 1 saturated heterocycles. The molecule has 0 aromatic heterocycles. The maximum atomic E-state index is 13.9. The molecular formula is C19H14F5N3O6. The number of non-ortho nitro benzene ring substituents is 1. The molecule has 0 bridgehead atoms. The van der Waals surface area contributed by atoms with Gasteiger partial charge in [-0.05, 0) is 6.07 Å². The van der Waals surface area contributed by atoms with E-state index < -0.39 is 64.2 Å². The van der Waals surface area contributed by atoms with Crippen LogP contribution in [0.25, 0.3) is 0 Å². The first-order valence-corrected chi connectivity index (χ1v) is 9.05. The Morgan fingerprint density at radius 2 is 1.82 bits per heavy atom. The van der Waals surface area contributed by atoms with Crippen molar-refractivity contribution in [3.8, 4) is 5.75 Å². The molecule has 1 heterocycles. The van der Waals surface area contributed by atoms with E-state index >= 15 is 0 Å². The van der Waals surface area contributed by atoms with Crippen molar-refractivity contribution in [2.45, 2.75) is 24.6 Å². The molecule has 3 rings (SSSR count). The van der Waals surface area contributed by atoms with E-state index in [-0.39, 0.29) is 5.56 Å². The molecule has 9 nitrogen and oxygen atoms in total. The molecule has 1 aliphatic rings. The van der Waals surface area contributed by atoms with Crippen LogP contribution in [-0.2, 0) is 0 Å². The zero-order valence-corrected chi connectivity index (χ0v) is 16.2. The van der Waals surface area contributed by atoms with E-state index in [4.69, 9.17) is 0 Å². The van der Waals surface area contributed by atoms with Gasteiger partial charge in [-0.2, -0.15) is 22.0 Å². The Morgan fingerprint density at radius 3 is 2.36 bits per heavy atom. The van der Waals surface area contributed by atoms with Gasteiger partial charge in [0.15, 0.2) is 5.78 Å². The normalized spacial score (nSPS) is 22.9. The number of nitrogens with one attached hydrogen (secondary N) is 2. The molecule has 14 heteroatoms. The van der Waals surface area contributed by atoms with Crippen molar-refractivity contribution in [3.63, 3.8) is 0 Å². The lowest BCUT2D eigenvalue weighted by Crippen LogP contribution is -2.72. The van der Waals surface area contributed by atoms with Gasteiger partial charge in [-0.15, -0.1) is 0 Å². The molecule has 1 fully saturated rings. The number of hydrogen-bond donors (Lipinski definition) is 3. The Kier molecular flexibility index (Phi) is 6.22. The van der Waals surface area contributed by atoms with Crippen molar-refractivity contribution >= 4 is 17.5 Å². The monoisotopic (exact) mass is 475 g/mol. The van der Waals surface area contributed by atoms with E-state index in [1.807, 2.05) is 5.32 Å². The van der Waals surface area contributed by atoms with Gasteiger partial charge in [0.2, 0.25) is 5.72 Å². The zero-order valence-electron chi connectivity index (χ0n) is 16.2. The summed E-state index contributed by atoms with van der Waals surface area (Å²) in [6.45, 7) is -3.49. The first-order chi connectivity index (χ1) is 15.3. The number of aliphatic hydroxyl groups is 1. The number of Topliss-reactive ketones (excluding diaryl/α,β-unsaturated/α-hetero) is 1. The number of nitro benzene ring substituents is 1. The van der Waals surface area contributed by atoms with E-state index in [9.17, 15) is 46.8 Å². The fourth-order valence-corrected chi connectivity index (χ4v) is 3.48. The van der Waals surface area contributed by atoms with Gasteiger partial charge in [-0.3, -0.25) is 14.9 Å². The highest BCUT2D eigenvalue weighted by Gasteiger charge is 2.66. The summed E-state index contributed by atoms with van der Waals surface area (Å²) in [6, 6.07) is 4.63. The van der Waals surface area contributed by atoms with Crippen LogP contribution in [0, 0.1) is 16.0 Å². The van der Waals surface area contributed by atoms with Gasteiger partial charge in [-0.1, -0.05) is 30.3 Å². The Morgan fingerprint density at radius 1 is 1.18 bits per heavy atom. The predicted octanol–water partition coefficient (Wildman–Crippen LogP) is 3.30. The summed E-state index contributed by atoms with van der Waals surface area (Å²) in [4.78, 5) is 35.4. The molecular weight excluding hydrogens is 461 g/mol. The maximum Gasteiger partial charge on any atom is 0.437 e. The number of nitro groups is 1. The molecule has 33 heavy (non-hydrogen) atoms. The molecule has 0 radical (unpaired) electrons. The summed E-state index contributed by atoms with van der Waals surface area (Å²) in [6.07, 6.45) is -5.61. The molecule has 2 aromatic carbocycles. The third-order valence-corrected chi connectivity index (χ3v) is 4.90. The highest BCUT2D eigenvalue weighted by atomic mass is 19.4. The molecule has 176 valence electrons. The first kappa shape index (κ1) is 23.8. The number of carbonyl (C=O) groups excluding carboxylic acids is 2. The SMILES string of the molecule is O=C1N[C@@H](c2cc([N+](=O)[O-])ccc2OC(F)F)[C@H](C(=O)c2ccccc2)[C@](O)(C(F)(F)F)N1. The number of rotatable bonds is 6. The zero-order chi connectivity index (χ0) is 24.6. The lowest BCUT2D eigenvalue weighted by molar-refractivity contribution is -0.385. The molecule has 3 N–H and O–H groups in total. The predicted molar refractivity (Wildman–Crippen MR) is 99.4 cm³/mol. The average Bonchev–Trinajstić information content (AvgIpc) is 2.72. The summed E-state index contributed by atoms with van der Waals surface area (Å²) in [5.41, 5.74) is -5.95. The van der Waals surface area contributed by atoms with Crippen LogP contribution in [0.5, 0.6) is 5.75 Å². The molecule has 0 saturated carbocycles. The van der Waals surface area contributed by atoms with Crippen LogP contribution in [0.3, 0.4) is 0 Å². The number of benzene rings is 2. The number of carbonyl (C=O) groups is 2. The third kappa shape index (κ3) is 4.55. The number of halogens is 5. The molecule has 3 atom stereocenters. The van der Waals surface area contributed by atoms with Gasteiger partial charge in [0, 0.05) is 23.3 Å². The highest BCUT2D eigenvalue weighted by Crippen LogP contribution is 2.46. The number of amides is 2. The quantitative estimate of drug-likeness (QED) is 0.254. The molecule has 0 unspecified atom stereocenters. The van der Waals surface area contributed by atoms with E-state index in [1.54, 1.807) is 0 Å². The van der Waals surface area contributed by atoms with Gasteiger partial charge in [0.05, 0.1) is 11.0 Å². The second-order valence-corrected chi connectivity index (χ2v) is 6.91. The van der Waals surface area contributed by atoms with Crippen LogP contribution in [0.4, 0.5) is 32.4 Å². The second kappa shape index (κ2) is 8.61. The molecule has 0 spiro atoms. The van der Waals surface area contributed by atoms with Crippen LogP contribution in [0.1, 0.15) is 22.0 Å². The van der Waals surface area contributed by atoms with Crippen LogP contribution < -0.4 is 15.4 Å². The fraction of sp³-hybridized carbons (Fsp3) is 0.263. The van der Waals surface area contributed by atoms with E-state index in [0.29, 0.717) is 12.1 Å². The van der Waals surface area contributed by atoms with E-state index in [0.717, 1.165) is 18.2 Å². The van der Waals surface area contributed by atoms with Gasteiger partial charge in [0.25, 0.3) is 5.69 Å². The Hall–Kier alpha value is -3.81. The number of ether oxygens (including phenoxy) is 1. The van der Waals surface area contributed by atoms with Gasteiger partial charge >= 0.3 is 18.8 Å². The van der Waals surface area contributed by atoms with Crippen molar-refractivity contribution < 1.29 is 46.3 Å². The van der Waals surface area contributed by atoms with E-state index in [1.165, 1.54) is 23.5 Å². The molecule has 2 aromatic rings. The van der Waals surface area contributed by atoms with Crippen LogP contribution in [0.15, 0.2) is 48.5 Å². The van der Waals surface area contributed by atoms with Crippen LogP contribution in [0.2, 0.25) is 0 Å². The average molecular weight is 475 g/mol. The van der Waals surface area contributed by atoms with Crippen LogP contribution >= 0.6 is 0 Å². The smallest absolute Gasteiger partial charge is 0.434 e. The minimum absolute atomic E-state index is 0.310. The topological polar surface area (TPSA) is 131 Å². The van der Waals surface area contributed by atoms with Crippen molar-refractivity contribution in [3.05, 3.63) is 69.8 Å². The third-order valence-electron chi connectivity index (χ3n) is 4.90. The van der Waals surface area contributed by atoms with Crippen molar-refractivity contribution in [2.24, 2.45) is 5.92 Å². The summed E-state index contributed by atoms with van der Waals surface area (Å²) in [7, 11) is 0. The van der Waals surface area contributed by atoms with Crippen molar-refractivity contribution in [1.82, 2.24) is 10.6 Å². The van der Waals surface area contributed by atoms with Crippen molar-refractivity contribution in [2.75, 3.05) is 0 Å². The van der Waals surface area contributed by atoms with Crippen molar-refractivity contribution in [1.29, 1.82) is 0 Å². The number of ketones is 1. The summed E-state index contributed by atoms with van der Waals surface area (Å²) in [5, 5.41) is 24.9. The standard InChI is InChI=1S/C19H14F5N3O6/c20-16(21)33-12-7-6-10(27(31)32)8-11(12)14-13(15(28)9-4-2-1-3-5-9)18(30,19(22,23)24)26-17(29)25-14/h1-8,13-14,16,30H,(H2,25,26,29)/t13-,14+,18+/m1/s1. The minimum Gasteiger partial charge on any atom is -0.434 e. The lowest BCUT2D eigenvalue weighted by atomic mass is 9.77. The molecule has 1 aliphatic heterocycles. The largest absolute Gasteiger partial charge is 0.437 e. The Bertz CT molecular complexity index is 1080. The summed E-state index contributed by atoms with van der Waals surface area (Å²) in [5.74, 6) is -4.75. The second-order valence-electron chi connectivity index (χ2n) is 6.91. The van der Waals surface area contributed by atoms with Gasteiger partial charge in [-0.25, -0.2) is 4.79 Å². The summed E-state index contributed by atoms with van der Waals surface area (Å²) < 4.78 is 71.9. The van der Waals surface area contributed by atoms with E-state index in [2.05, 4.69) is 4.74 Å². The number of urea groups is 1. The molecule has 0 aliphatic carbocycles. The van der Waals surface area contributed by atoms with Crippen LogP contribution in [-0.4, -0.2) is 40.4 Å². The fourth-order valence-electron chi connectivity index (χ4n) is 3.48. The van der Waals surface area contributed by atoms with Gasteiger partial charge < -0.3 is 20.5 Å². The first-order valence-electron chi connectivity index (χ1n) is 9.05. The maximum absolute atomic E-state index is 13.9. The highest BCUT2D eigenvalue weighted by molar-refractivity contribution is 6.00. The number of alkyl halides is 5. The summed E-state index contributed by atoms with van der Waals surface area (Å²) >= 11 is 0. The number of hydrogen-bond acceptors (Lipinski definition) is 6. The number of nitrogens with zero attached hydrogens (tertiary/aromatic N) is 1. The minimum atomic E-state index is -5.61. The Labute approximate surface area is 181 Å². The molecule has 2 amide bonds. The van der Waals surface area contributed by atoms with Gasteiger partial charge in [0.1, 0.15) is 11.7 Å². The Balaban J connectivity index is 2.27.